The van der Waals surface area contributed by atoms with Crippen molar-refractivity contribution in [3.63, 3.8) is 0 Å². The summed E-state index contributed by atoms with van der Waals surface area (Å²) in [6.07, 6.45) is 1.07. The zero-order valence-corrected chi connectivity index (χ0v) is 26.0. The maximum absolute atomic E-state index is 14.1. The van der Waals surface area contributed by atoms with Gasteiger partial charge in [-0.1, -0.05) is 37.6 Å². The number of amides is 2. The molecule has 9 nitrogen and oxygen atoms in total. The van der Waals surface area contributed by atoms with Crippen molar-refractivity contribution >= 4 is 39.1 Å². The molecule has 3 rings (SSSR count). The zero-order valence-electron chi connectivity index (χ0n) is 24.4. The fourth-order valence-electron chi connectivity index (χ4n) is 4.35. The normalized spacial score (nSPS) is 11.8. The number of nitrogens with zero attached hydrogens (tertiary/aromatic N) is 2. The largest absolute Gasteiger partial charge is 0.497 e. The second-order valence-electron chi connectivity index (χ2n) is 9.48. The molecule has 0 aliphatic rings. The van der Waals surface area contributed by atoms with Crippen molar-refractivity contribution < 1.29 is 27.5 Å². The zero-order chi connectivity index (χ0) is 30.7. The molecule has 0 fully saturated rings. The molecule has 226 valence electrons. The molecule has 3 aromatic rings. The molecule has 0 heterocycles. The minimum Gasteiger partial charge on any atom is -0.497 e. The quantitative estimate of drug-likeness (QED) is 0.250. The summed E-state index contributed by atoms with van der Waals surface area (Å²) in [6, 6.07) is 18.6. The molecule has 0 aliphatic heterocycles. The van der Waals surface area contributed by atoms with Gasteiger partial charge < -0.3 is 19.7 Å². The summed E-state index contributed by atoms with van der Waals surface area (Å²) < 4.78 is 39.7. The third-order valence-electron chi connectivity index (χ3n) is 6.56. The molecule has 42 heavy (non-hydrogen) atoms. The lowest BCUT2D eigenvalue weighted by molar-refractivity contribution is -0.140. The van der Waals surface area contributed by atoms with Crippen LogP contribution in [-0.4, -0.2) is 58.0 Å². The average Bonchev–Trinajstić information content (AvgIpc) is 2.99. The molecule has 11 heteroatoms. The Hall–Kier alpha value is -3.76. The van der Waals surface area contributed by atoms with Crippen molar-refractivity contribution in [2.24, 2.45) is 0 Å². The lowest BCUT2D eigenvalue weighted by Crippen LogP contribution is -2.52. The fourth-order valence-corrected chi connectivity index (χ4v) is 5.89. The number of benzene rings is 3. The number of hydrogen-bond donors (Lipinski definition) is 1. The highest BCUT2D eigenvalue weighted by atomic mass is 35.5. The monoisotopic (exact) mass is 615 g/mol. The predicted octanol–water partition coefficient (Wildman–Crippen LogP) is 5.28. The van der Waals surface area contributed by atoms with Crippen molar-refractivity contribution in [3.05, 3.63) is 83.4 Å². The first-order chi connectivity index (χ1) is 20.1. The smallest absolute Gasteiger partial charge is 0.264 e. The molecule has 2 amide bonds. The Bertz CT molecular complexity index is 1410. The highest BCUT2D eigenvalue weighted by molar-refractivity contribution is 7.92. The van der Waals surface area contributed by atoms with E-state index in [4.69, 9.17) is 21.1 Å². The van der Waals surface area contributed by atoms with E-state index >= 15 is 0 Å². The number of rotatable bonds is 15. The highest BCUT2D eigenvalue weighted by Crippen LogP contribution is 2.27. The molecule has 0 spiro atoms. The van der Waals surface area contributed by atoms with Crippen LogP contribution in [0.4, 0.5) is 5.69 Å². The van der Waals surface area contributed by atoms with Crippen LogP contribution in [0.1, 0.15) is 39.2 Å². The van der Waals surface area contributed by atoms with Crippen LogP contribution in [-0.2, 0) is 26.2 Å². The van der Waals surface area contributed by atoms with E-state index in [2.05, 4.69) is 5.32 Å². The van der Waals surface area contributed by atoms with E-state index in [1.54, 1.807) is 43.5 Å². The number of carbonyl (C=O) groups excluding carboxylic acids is 2. The Labute approximate surface area is 253 Å². The van der Waals surface area contributed by atoms with Gasteiger partial charge in [0.05, 0.1) is 24.3 Å². The number of nitrogens with one attached hydrogen (secondary N) is 1. The van der Waals surface area contributed by atoms with Gasteiger partial charge in [0.15, 0.2) is 0 Å². The van der Waals surface area contributed by atoms with E-state index in [0.717, 1.165) is 16.3 Å². The molecule has 0 saturated carbocycles. The molecule has 1 N–H and O–H groups in total. The number of hydrogen-bond acceptors (Lipinski definition) is 6. The Balaban J connectivity index is 2.04. The number of ether oxygens (including phenoxy) is 2. The van der Waals surface area contributed by atoms with Crippen molar-refractivity contribution in [1.29, 1.82) is 0 Å². The van der Waals surface area contributed by atoms with E-state index in [9.17, 15) is 18.0 Å². The third-order valence-corrected chi connectivity index (χ3v) is 8.60. The SMILES string of the molecule is CCCNC(=O)C(CC)N(Cc1ccc(OC)cc1)C(=O)CN(c1ccc(OCC)cc1)S(=O)(=O)c1ccc(Cl)cc1. The first-order valence-corrected chi connectivity index (χ1v) is 15.7. The second kappa shape index (κ2) is 15.5. The molecule has 0 aromatic heterocycles. The van der Waals surface area contributed by atoms with Gasteiger partial charge in [0.25, 0.3) is 10.0 Å². The first-order valence-electron chi connectivity index (χ1n) is 13.9. The standard InChI is InChI=1S/C31H38ClN3O6S/c1-5-20-33-31(37)29(6-2)34(21-23-8-14-26(40-4)15-9-23)30(36)22-35(25-12-16-27(17-13-25)41-7-3)42(38,39)28-18-10-24(32)11-19-28/h8-19,29H,5-7,20-22H2,1-4H3,(H,33,37). The van der Waals surface area contributed by atoms with Crippen molar-refractivity contribution in [2.75, 3.05) is 31.1 Å². The third kappa shape index (κ3) is 8.39. The lowest BCUT2D eigenvalue weighted by Gasteiger charge is -2.33. The lowest BCUT2D eigenvalue weighted by atomic mass is 10.1. The Morgan fingerprint density at radius 1 is 0.905 bits per heavy atom. The van der Waals surface area contributed by atoms with Crippen LogP contribution in [0.3, 0.4) is 0 Å². The van der Waals surface area contributed by atoms with E-state index in [1.807, 2.05) is 32.9 Å². The number of sulfonamides is 1. The van der Waals surface area contributed by atoms with Crippen LogP contribution in [0, 0.1) is 0 Å². The van der Waals surface area contributed by atoms with Gasteiger partial charge in [-0.25, -0.2) is 8.42 Å². The molecule has 1 unspecified atom stereocenters. The minimum atomic E-state index is -4.20. The van der Waals surface area contributed by atoms with Gasteiger partial charge in [0, 0.05) is 18.1 Å². The van der Waals surface area contributed by atoms with Crippen LogP contribution in [0.15, 0.2) is 77.7 Å². The second-order valence-corrected chi connectivity index (χ2v) is 11.8. The van der Waals surface area contributed by atoms with Gasteiger partial charge in [-0.15, -0.1) is 0 Å². The number of halogens is 1. The number of carbonyl (C=O) groups is 2. The Kier molecular flexibility index (Phi) is 12.1. The maximum atomic E-state index is 14.1. The van der Waals surface area contributed by atoms with Gasteiger partial charge in [-0.3, -0.25) is 13.9 Å². The molecular weight excluding hydrogens is 578 g/mol. The summed E-state index contributed by atoms with van der Waals surface area (Å²) in [5.74, 6) is 0.390. The van der Waals surface area contributed by atoms with Gasteiger partial charge in [-0.05, 0) is 86.0 Å². The van der Waals surface area contributed by atoms with E-state index in [0.29, 0.717) is 36.1 Å². The molecule has 0 saturated heterocycles. The highest BCUT2D eigenvalue weighted by Gasteiger charge is 2.33. The van der Waals surface area contributed by atoms with Crippen molar-refractivity contribution in [2.45, 2.75) is 51.1 Å². The Morgan fingerprint density at radius 2 is 1.52 bits per heavy atom. The van der Waals surface area contributed by atoms with Crippen LogP contribution < -0.4 is 19.1 Å². The summed E-state index contributed by atoms with van der Waals surface area (Å²) >= 11 is 6.02. The van der Waals surface area contributed by atoms with E-state index in [1.165, 1.54) is 29.2 Å². The topological polar surface area (TPSA) is 105 Å². The first kappa shape index (κ1) is 32.8. The Morgan fingerprint density at radius 3 is 2.07 bits per heavy atom. The van der Waals surface area contributed by atoms with E-state index < -0.39 is 28.5 Å². The molecule has 0 bridgehead atoms. The van der Waals surface area contributed by atoms with Gasteiger partial charge >= 0.3 is 0 Å². The molecule has 0 aliphatic carbocycles. The predicted molar refractivity (Wildman–Crippen MR) is 165 cm³/mol. The molecule has 0 radical (unpaired) electrons. The van der Waals surface area contributed by atoms with Crippen LogP contribution in [0.5, 0.6) is 11.5 Å². The summed E-state index contributed by atoms with van der Waals surface area (Å²) in [5, 5.41) is 3.26. The molecule has 3 aromatic carbocycles. The summed E-state index contributed by atoms with van der Waals surface area (Å²) in [5.41, 5.74) is 1.04. The molecular formula is C31H38ClN3O6S. The van der Waals surface area contributed by atoms with Crippen molar-refractivity contribution in [1.82, 2.24) is 10.2 Å². The van der Waals surface area contributed by atoms with Gasteiger partial charge in [0.2, 0.25) is 11.8 Å². The maximum Gasteiger partial charge on any atom is 0.264 e. The summed E-state index contributed by atoms with van der Waals surface area (Å²) in [7, 11) is -2.64. The molecule has 1 atom stereocenters. The van der Waals surface area contributed by atoms with Crippen molar-refractivity contribution in [3.8, 4) is 11.5 Å². The average molecular weight is 616 g/mol. The summed E-state index contributed by atoms with van der Waals surface area (Å²) in [6.45, 7) is 6.08. The summed E-state index contributed by atoms with van der Waals surface area (Å²) in [4.78, 5) is 28.7. The van der Waals surface area contributed by atoms with Crippen LogP contribution in [0.2, 0.25) is 5.02 Å². The fraction of sp³-hybridized carbons (Fsp3) is 0.355. The number of anilines is 1. The van der Waals surface area contributed by atoms with Gasteiger partial charge in [-0.2, -0.15) is 0 Å². The van der Waals surface area contributed by atoms with E-state index in [-0.39, 0.29) is 23.0 Å². The van der Waals surface area contributed by atoms with Crippen LogP contribution in [0.25, 0.3) is 0 Å². The number of methoxy groups -OCH3 is 1. The van der Waals surface area contributed by atoms with Gasteiger partial charge in [0.1, 0.15) is 24.1 Å². The minimum absolute atomic E-state index is 0.0250. The van der Waals surface area contributed by atoms with Crippen LogP contribution >= 0.6 is 11.6 Å².